The topological polar surface area (TPSA) is 94.2 Å². The molecule has 5 aliphatic rings. The number of amides is 3. The van der Waals surface area contributed by atoms with Gasteiger partial charge in [0, 0.05) is 44.5 Å². The molecular formula is C32H43ClFN5O4. The minimum absolute atomic E-state index is 0.0268. The van der Waals surface area contributed by atoms with Crippen LogP contribution in [0.2, 0.25) is 5.02 Å². The number of carbonyl (C=O) groups excluding carboxylic acids is 3. The van der Waals surface area contributed by atoms with Gasteiger partial charge in [0.2, 0.25) is 17.7 Å². The Kier molecular flexibility index (Phi) is 8.58. The van der Waals surface area contributed by atoms with E-state index in [4.69, 9.17) is 16.3 Å². The fourth-order valence-corrected chi connectivity index (χ4v) is 8.07. The van der Waals surface area contributed by atoms with Crippen molar-refractivity contribution < 1.29 is 23.5 Å². The first-order valence-corrected chi connectivity index (χ1v) is 16.1. The van der Waals surface area contributed by atoms with E-state index in [9.17, 15) is 18.8 Å². The average molecular weight is 616 g/mol. The third kappa shape index (κ3) is 5.60. The van der Waals surface area contributed by atoms with Crippen LogP contribution in [-0.4, -0.2) is 103 Å². The van der Waals surface area contributed by atoms with Gasteiger partial charge in [0.1, 0.15) is 17.5 Å². The van der Waals surface area contributed by atoms with Crippen molar-refractivity contribution in [1.29, 1.82) is 0 Å². The lowest BCUT2D eigenvalue weighted by molar-refractivity contribution is -0.141. The molecule has 0 aromatic heterocycles. The molecule has 4 fully saturated rings. The molecular weight excluding hydrogens is 573 g/mol. The summed E-state index contributed by atoms with van der Waals surface area (Å²) in [6, 6.07) is 3.13. The van der Waals surface area contributed by atoms with Crippen LogP contribution < -0.4 is 10.6 Å². The van der Waals surface area contributed by atoms with Gasteiger partial charge in [-0.3, -0.25) is 14.4 Å². The van der Waals surface area contributed by atoms with Crippen LogP contribution >= 0.6 is 11.6 Å². The van der Waals surface area contributed by atoms with Crippen molar-refractivity contribution in [3.05, 3.63) is 41.2 Å². The van der Waals surface area contributed by atoms with E-state index < -0.39 is 41.3 Å². The number of hydrogen-bond donors (Lipinski definition) is 2. The molecule has 0 unspecified atom stereocenters. The number of rotatable bonds is 8. The lowest BCUT2D eigenvalue weighted by Crippen LogP contribution is -2.58. The number of carbonyl (C=O) groups is 3. The van der Waals surface area contributed by atoms with Crippen LogP contribution in [-0.2, 0) is 19.1 Å². The first-order chi connectivity index (χ1) is 20.6. The molecule has 1 aliphatic carbocycles. The summed E-state index contributed by atoms with van der Waals surface area (Å²) in [5.74, 6) is -2.27. The molecule has 4 heterocycles. The summed E-state index contributed by atoms with van der Waals surface area (Å²) in [6.45, 7) is 9.60. The number of anilines is 1. The number of ether oxygens (including phenoxy) is 1. The Bertz CT molecular complexity index is 1290. The van der Waals surface area contributed by atoms with Crippen LogP contribution in [0.3, 0.4) is 0 Å². The van der Waals surface area contributed by atoms with Crippen LogP contribution in [0.5, 0.6) is 0 Å². The normalized spacial score (nSPS) is 35.8. The van der Waals surface area contributed by atoms with Crippen molar-refractivity contribution in [2.24, 2.45) is 23.7 Å². The highest BCUT2D eigenvalue weighted by Crippen LogP contribution is 2.55. The Hall–Kier alpha value is -2.53. The Morgan fingerprint density at radius 1 is 1.12 bits per heavy atom. The van der Waals surface area contributed by atoms with Gasteiger partial charge in [-0.1, -0.05) is 50.4 Å². The van der Waals surface area contributed by atoms with E-state index in [1.807, 2.05) is 12.2 Å². The first-order valence-electron chi connectivity index (χ1n) is 15.7. The molecule has 6 rings (SSSR count). The van der Waals surface area contributed by atoms with Crippen LogP contribution in [0.1, 0.15) is 39.5 Å². The Morgan fingerprint density at radius 3 is 2.63 bits per heavy atom. The first kappa shape index (κ1) is 30.5. The van der Waals surface area contributed by atoms with Crippen molar-refractivity contribution in [3.63, 3.8) is 0 Å². The molecule has 2 bridgehead atoms. The van der Waals surface area contributed by atoms with E-state index in [1.165, 1.54) is 18.2 Å². The monoisotopic (exact) mass is 615 g/mol. The molecule has 8 atom stereocenters. The second kappa shape index (κ2) is 12.1. The summed E-state index contributed by atoms with van der Waals surface area (Å²) < 4.78 is 20.2. The largest absolute Gasteiger partial charge is 0.359 e. The summed E-state index contributed by atoms with van der Waals surface area (Å²) in [4.78, 5) is 48.5. The van der Waals surface area contributed by atoms with Crippen molar-refractivity contribution in [2.45, 2.75) is 63.3 Å². The van der Waals surface area contributed by atoms with Crippen LogP contribution in [0.15, 0.2) is 30.4 Å². The van der Waals surface area contributed by atoms with Gasteiger partial charge in [0.15, 0.2) is 0 Å². The van der Waals surface area contributed by atoms with E-state index in [0.29, 0.717) is 24.1 Å². The molecule has 2 N–H and O–H groups in total. The Labute approximate surface area is 258 Å². The highest BCUT2D eigenvalue weighted by atomic mass is 35.5. The average Bonchev–Trinajstić information content (AvgIpc) is 3.62. The van der Waals surface area contributed by atoms with Gasteiger partial charge in [-0.25, -0.2) is 4.39 Å². The fourth-order valence-electron chi connectivity index (χ4n) is 7.89. The van der Waals surface area contributed by atoms with Gasteiger partial charge in [0.05, 0.1) is 23.0 Å². The zero-order valence-electron chi connectivity index (χ0n) is 25.2. The number of piperazine rings is 1. The second-order valence-electron chi connectivity index (χ2n) is 13.2. The molecule has 234 valence electrons. The lowest BCUT2D eigenvalue weighted by atomic mass is 9.73. The predicted octanol–water partition coefficient (Wildman–Crippen LogP) is 3.15. The van der Waals surface area contributed by atoms with Crippen LogP contribution in [0.25, 0.3) is 0 Å². The molecule has 0 radical (unpaired) electrons. The maximum absolute atomic E-state index is 14.2. The molecule has 11 heteroatoms. The molecule has 9 nitrogen and oxygen atoms in total. The molecule has 3 saturated heterocycles. The maximum atomic E-state index is 14.2. The fraction of sp³-hybridized carbons (Fsp3) is 0.656. The third-order valence-corrected chi connectivity index (χ3v) is 10.9. The van der Waals surface area contributed by atoms with Gasteiger partial charge in [-0.05, 0) is 56.5 Å². The van der Waals surface area contributed by atoms with Gasteiger partial charge in [-0.2, -0.15) is 0 Å². The van der Waals surface area contributed by atoms with Gasteiger partial charge >= 0.3 is 0 Å². The number of halogens is 2. The summed E-state index contributed by atoms with van der Waals surface area (Å²) in [5.41, 5.74) is -0.882. The molecule has 1 aromatic rings. The highest BCUT2D eigenvalue weighted by molar-refractivity contribution is 6.31. The van der Waals surface area contributed by atoms with Crippen molar-refractivity contribution >= 4 is 35.0 Å². The number of nitrogens with one attached hydrogen (secondary N) is 2. The van der Waals surface area contributed by atoms with E-state index in [1.54, 1.807) is 4.90 Å². The Morgan fingerprint density at radius 2 is 1.88 bits per heavy atom. The van der Waals surface area contributed by atoms with Gasteiger partial charge in [-0.15, -0.1) is 0 Å². The van der Waals surface area contributed by atoms with Crippen molar-refractivity contribution in [2.75, 3.05) is 51.6 Å². The van der Waals surface area contributed by atoms with Crippen LogP contribution in [0.4, 0.5) is 10.1 Å². The molecule has 1 spiro atoms. The number of nitrogens with zero attached hydrogens (tertiary/aromatic N) is 3. The highest BCUT2D eigenvalue weighted by Gasteiger charge is 2.72. The summed E-state index contributed by atoms with van der Waals surface area (Å²) in [6.07, 6.45) is 6.84. The number of hydrogen-bond acceptors (Lipinski definition) is 6. The zero-order chi connectivity index (χ0) is 30.5. The third-order valence-electron chi connectivity index (χ3n) is 10.6. The van der Waals surface area contributed by atoms with E-state index in [0.717, 1.165) is 58.4 Å². The number of fused-ring (bicyclic) bond motifs is 1. The van der Waals surface area contributed by atoms with Gasteiger partial charge < -0.3 is 30.1 Å². The molecule has 1 saturated carbocycles. The summed E-state index contributed by atoms with van der Waals surface area (Å²) in [7, 11) is 2.12. The maximum Gasteiger partial charge on any atom is 0.246 e. The predicted molar refractivity (Wildman–Crippen MR) is 162 cm³/mol. The standard InChI is InChI=1S/C32H43ClFN5O4/c1-19-6-4-7-24(20(19)2)36-30(41)28-32-11-10-25(43-32)26(29(40)35-21-8-9-23(34)22(33)18-21)27(32)31(42)39(28)13-5-12-38-16-14-37(3)15-17-38/h8-11,18-20,24-28H,4-7,12-17H2,1-3H3,(H,35,40)(H,36,41)/t19-,20+,24+,25+,26+,27+,28+,32+/m1/s1. The van der Waals surface area contributed by atoms with E-state index in [2.05, 4.69) is 41.3 Å². The molecule has 1 aromatic carbocycles. The Balaban J connectivity index is 1.24. The minimum Gasteiger partial charge on any atom is -0.359 e. The van der Waals surface area contributed by atoms with Crippen LogP contribution in [0, 0.1) is 29.5 Å². The summed E-state index contributed by atoms with van der Waals surface area (Å²) in [5, 5.41) is 6.01. The zero-order valence-corrected chi connectivity index (χ0v) is 26.0. The van der Waals surface area contributed by atoms with Crippen molar-refractivity contribution in [3.8, 4) is 0 Å². The minimum atomic E-state index is -1.22. The molecule has 43 heavy (non-hydrogen) atoms. The molecule has 3 amide bonds. The molecule has 4 aliphatic heterocycles. The van der Waals surface area contributed by atoms with E-state index in [-0.39, 0.29) is 22.9 Å². The quantitative estimate of drug-likeness (QED) is 0.437. The second-order valence-corrected chi connectivity index (χ2v) is 13.6. The lowest BCUT2D eigenvalue weighted by Gasteiger charge is -2.38. The number of likely N-dealkylation sites (tertiary alicyclic amines) is 1. The van der Waals surface area contributed by atoms with Crippen molar-refractivity contribution in [1.82, 2.24) is 20.0 Å². The van der Waals surface area contributed by atoms with Gasteiger partial charge in [0.25, 0.3) is 0 Å². The van der Waals surface area contributed by atoms with E-state index >= 15 is 0 Å². The number of likely N-dealkylation sites (N-methyl/N-ethyl adjacent to an activating group) is 1. The number of benzene rings is 1. The SMILES string of the molecule is C[C@H]1[C@H](C)CCC[C@@H]1NC(=O)[C@@H]1N(CCCN2CCN(C)CC2)C(=O)[C@@H]2[C@@H](C(=O)Nc3ccc(F)c(Cl)c3)[C@@H]3C=C[C@]21O3. The smallest absolute Gasteiger partial charge is 0.246 e. The summed E-state index contributed by atoms with van der Waals surface area (Å²) >= 11 is 5.94.